The molecule has 0 bridgehead atoms. The minimum Gasteiger partial charge on any atom is -0.459 e. The van der Waals surface area contributed by atoms with Crippen LogP contribution in [0.3, 0.4) is 0 Å². The van der Waals surface area contributed by atoms with Crippen molar-refractivity contribution in [3.63, 3.8) is 0 Å². The minimum atomic E-state index is -1.01. The Labute approximate surface area is 209 Å². The van der Waals surface area contributed by atoms with Crippen molar-refractivity contribution in [2.75, 3.05) is 36.1 Å². The fraction of sp³-hybridized carbons (Fsp3) is 0.357. The molecule has 1 atom stereocenters. The largest absolute Gasteiger partial charge is 0.459 e. The second-order valence-corrected chi connectivity index (χ2v) is 9.22. The molecule has 7 nitrogen and oxygen atoms in total. The quantitative estimate of drug-likeness (QED) is 0.519. The molecule has 3 aromatic rings. The number of anilines is 2. The Hall–Kier alpha value is -3.65. The van der Waals surface area contributed by atoms with Crippen LogP contribution in [0.15, 0.2) is 71.3 Å². The van der Waals surface area contributed by atoms with Crippen molar-refractivity contribution in [2.45, 2.75) is 37.8 Å². The Morgan fingerprint density at radius 1 is 1.00 bits per heavy atom. The number of hydrogen-bond acceptors (Lipinski definition) is 5. The van der Waals surface area contributed by atoms with E-state index in [0.29, 0.717) is 18.8 Å². The van der Waals surface area contributed by atoms with Gasteiger partial charge < -0.3 is 19.4 Å². The van der Waals surface area contributed by atoms with Gasteiger partial charge in [0.1, 0.15) is 11.9 Å². The fourth-order valence-corrected chi connectivity index (χ4v) is 4.99. The molecule has 1 aromatic heterocycles. The van der Waals surface area contributed by atoms with Crippen molar-refractivity contribution in [2.24, 2.45) is 0 Å². The molecule has 1 aliphatic heterocycles. The van der Waals surface area contributed by atoms with Crippen molar-refractivity contribution in [3.05, 3.63) is 84.1 Å². The fourth-order valence-electron chi connectivity index (χ4n) is 4.99. The monoisotopic (exact) mass is 491 g/mol. The highest BCUT2D eigenvalue weighted by Gasteiger charge is 2.36. The zero-order chi connectivity index (χ0) is 24.9. The van der Waals surface area contributed by atoms with E-state index in [-0.39, 0.29) is 23.4 Å². The van der Waals surface area contributed by atoms with E-state index in [1.54, 1.807) is 18.2 Å². The Kier molecular flexibility index (Phi) is 7.32. The third-order valence-electron chi connectivity index (χ3n) is 6.83. The van der Waals surface area contributed by atoms with E-state index in [4.69, 9.17) is 9.15 Å². The number of carbonyl (C=O) groups is 2. The van der Waals surface area contributed by atoms with Gasteiger partial charge in [0.05, 0.1) is 19.5 Å². The highest BCUT2D eigenvalue weighted by molar-refractivity contribution is 6.08. The average molecular weight is 492 g/mol. The molecule has 0 radical (unpaired) electrons. The number of rotatable bonds is 7. The molecule has 2 heterocycles. The first-order chi connectivity index (χ1) is 17.6. The zero-order valence-electron chi connectivity index (χ0n) is 20.1. The van der Waals surface area contributed by atoms with Gasteiger partial charge in [0.25, 0.3) is 5.91 Å². The van der Waals surface area contributed by atoms with Crippen molar-refractivity contribution < 1.29 is 23.1 Å². The van der Waals surface area contributed by atoms with Gasteiger partial charge in [0.2, 0.25) is 5.91 Å². The third kappa shape index (κ3) is 5.28. The van der Waals surface area contributed by atoms with Crippen LogP contribution >= 0.6 is 0 Å². The van der Waals surface area contributed by atoms with Crippen molar-refractivity contribution in [1.82, 2.24) is 5.32 Å². The van der Waals surface area contributed by atoms with Crippen LogP contribution in [0, 0.1) is 5.82 Å². The first-order valence-corrected chi connectivity index (χ1v) is 12.5. The van der Waals surface area contributed by atoms with Crippen LogP contribution in [0.2, 0.25) is 0 Å². The first kappa shape index (κ1) is 24.1. The van der Waals surface area contributed by atoms with Crippen LogP contribution < -0.4 is 15.1 Å². The Morgan fingerprint density at radius 2 is 1.75 bits per heavy atom. The molecule has 2 aliphatic rings. The summed E-state index contributed by atoms with van der Waals surface area (Å²) in [5.41, 5.74) is 1.93. The van der Waals surface area contributed by atoms with Gasteiger partial charge in [-0.05, 0) is 60.9 Å². The van der Waals surface area contributed by atoms with Crippen molar-refractivity contribution >= 4 is 23.2 Å². The molecule has 0 spiro atoms. The zero-order valence-corrected chi connectivity index (χ0v) is 20.1. The number of amides is 2. The van der Waals surface area contributed by atoms with Gasteiger partial charge >= 0.3 is 0 Å². The van der Waals surface area contributed by atoms with Crippen molar-refractivity contribution in [1.29, 1.82) is 0 Å². The summed E-state index contributed by atoms with van der Waals surface area (Å²) in [6.45, 7) is 2.91. The summed E-state index contributed by atoms with van der Waals surface area (Å²) in [6, 6.07) is 15.6. The lowest BCUT2D eigenvalue weighted by Crippen LogP contribution is -2.46. The van der Waals surface area contributed by atoms with Gasteiger partial charge in [-0.2, -0.15) is 0 Å². The number of furan rings is 1. The number of nitrogens with zero attached hydrogens (tertiary/aromatic N) is 2. The maximum absolute atomic E-state index is 14.3. The van der Waals surface area contributed by atoms with Gasteiger partial charge in [-0.15, -0.1) is 0 Å². The SMILES string of the molecule is O=C(NC1CCCC1)C(c1ccc(N2CCOCC2)cc1)N(C(=O)c1ccco1)c1cccc(F)c1. The summed E-state index contributed by atoms with van der Waals surface area (Å²) in [7, 11) is 0. The molecule has 2 fully saturated rings. The maximum Gasteiger partial charge on any atom is 0.294 e. The summed E-state index contributed by atoms with van der Waals surface area (Å²) < 4.78 is 25.2. The summed E-state index contributed by atoms with van der Waals surface area (Å²) in [5, 5.41) is 3.14. The lowest BCUT2D eigenvalue weighted by Gasteiger charge is -2.32. The highest BCUT2D eigenvalue weighted by atomic mass is 19.1. The van der Waals surface area contributed by atoms with Crippen LogP contribution in [-0.2, 0) is 9.53 Å². The number of halogens is 1. The van der Waals surface area contributed by atoms with Gasteiger partial charge in [-0.3, -0.25) is 14.5 Å². The predicted octanol–water partition coefficient (Wildman–Crippen LogP) is 4.70. The van der Waals surface area contributed by atoms with Crippen LogP contribution in [0.5, 0.6) is 0 Å². The second kappa shape index (κ2) is 11.0. The molecule has 36 heavy (non-hydrogen) atoms. The smallest absolute Gasteiger partial charge is 0.294 e. The average Bonchev–Trinajstić information content (AvgIpc) is 3.62. The Balaban J connectivity index is 1.55. The molecule has 1 saturated carbocycles. The molecule has 2 amide bonds. The number of carbonyl (C=O) groups excluding carboxylic acids is 2. The molecule has 1 N–H and O–H groups in total. The molecule has 2 aromatic carbocycles. The maximum atomic E-state index is 14.3. The lowest BCUT2D eigenvalue weighted by atomic mass is 10.0. The van der Waals surface area contributed by atoms with Gasteiger partial charge in [-0.1, -0.05) is 31.0 Å². The number of nitrogens with one attached hydrogen (secondary N) is 1. The van der Waals surface area contributed by atoms with E-state index in [2.05, 4.69) is 10.2 Å². The standard InChI is InChI=1S/C28H30FN3O4/c29-21-5-3-8-24(19-21)32(28(34)25-9-4-16-36-25)26(27(33)30-22-6-1-2-7-22)20-10-12-23(13-11-20)31-14-17-35-18-15-31/h3-5,8-13,16,19,22,26H,1-2,6-7,14-15,17-18H2,(H,30,33). The molecule has 1 unspecified atom stereocenters. The van der Waals surface area contributed by atoms with Crippen LogP contribution in [0.4, 0.5) is 15.8 Å². The summed E-state index contributed by atoms with van der Waals surface area (Å²) in [5.74, 6) is -1.25. The number of morpholine rings is 1. The second-order valence-electron chi connectivity index (χ2n) is 9.22. The van der Waals surface area contributed by atoms with Gasteiger partial charge in [0.15, 0.2) is 5.76 Å². The number of ether oxygens (including phenoxy) is 1. The van der Waals surface area contributed by atoms with Gasteiger partial charge in [0, 0.05) is 30.5 Å². The van der Waals surface area contributed by atoms with E-state index in [1.165, 1.54) is 29.4 Å². The van der Waals surface area contributed by atoms with Gasteiger partial charge in [-0.25, -0.2) is 4.39 Å². The number of benzene rings is 2. The molecule has 8 heteroatoms. The minimum absolute atomic E-state index is 0.0562. The molecule has 5 rings (SSSR count). The van der Waals surface area contributed by atoms with E-state index in [1.807, 2.05) is 24.3 Å². The van der Waals surface area contributed by atoms with Crippen LogP contribution in [0.1, 0.15) is 47.8 Å². The molecule has 1 saturated heterocycles. The number of hydrogen-bond donors (Lipinski definition) is 1. The summed E-state index contributed by atoms with van der Waals surface area (Å²) in [4.78, 5) is 31.1. The highest BCUT2D eigenvalue weighted by Crippen LogP contribution is 2.32. The normalized spacial score (nSPS) is 17.1. The van der Waals surface area contributed by atoms with Crippen molar-refractivity contribution in [3.8, 4) is 0 Å². The lowest BCUT2D eigenvalue weighted by molar-refractivity contribution is -0.123. The molecule has 188 valence electrons. The molecular formula is C28H30FN3O4. The predicted molar refractivity (Wildman–Crippen MR) is 135 cm³/mol. The Bertz CT molecular complexity index is 1170. The van der Waals surface area contributed by atoms with Crippen LogP contribution in [-0.4, -0.2) is 44.2 Å². The van der Waals surface area contributed by atoms with E-state index in [9.17, 15) is 14.0 Å². The van der Waals surface area contributed by atoms with Crippen LogP contribution in [0.25, 0.3) is 0 Å². The topological polar surface area (TPSA) is 75.0 Å². The first-order valence-electron chi connectivity index (χ1n) is 12.5. The van der Waals surface area contributed by atoms with E-state index in [0.717, 1.165) is 44.5 Å². The van der Waals surface area contributed by atoms with E-state index >= 15 is 0 Å². The third-order valence-corrected chi connectivity index (χ3v) is 6.83. The Morgan fingerprint density at radius 3 is 2.42 bits per heavy atom. The summed E-state index contributed by atoms with van der Waals surface area (Å²) in [6.07, 6.45) is 5.33. The van der Waals surface area contributed by atoms with E-state index < -0.39 is 17.8 Å². The summed E-state index contributed by atoms with van der Waals surface area (Å²) >= 11 is 0. The molecular weight excluding hydrogens is 461 g/mol. The molecule has 1 aliphatic carbocycles.